The molecular weight excluding hydrogens is 184 g/mol. The van der Waals surface area contributed by atoms with E-state index in [1.807, 2.05) is 0 Å². The van der Waals surface area contributed by atoms with Crippen LogP contribution in [-0.2, 0) is 19.6 Å². The normalized spacial score (nSPS) is 19.8. The first-order valence-corrected chi connectivity index (χ1v) is 4.31. The number of ether oxygens (including phenoxy) is 1. The fraction of sp³-hybridized carbons (Fsp3) is 0.200. The maximum absolute atomic E-state index is 10.8. The van der Waals surface area contributed by atoms with Crippen molar-refractivity contribution in [1.82, 2.24) is 0 Å². The average Bonchev–Trinajstić information content (AvgIpc) is 2.27. The summed E-state index contributed by atoms with van der Waals surface area (Å²) in [6.07, 6.45) is 0.872. The number of sulfonamides is 1. The van der Waals surface area contributed by atoms with Crippen LogP contribution in [0.1, 0.15) is 0 Å². The van der Waals surface area contributed by atoms with Crippen LogP contribution in [0.3, 0.4) is 0 Å². The van der Waals surface area contributed by atoms with Gasteiger partial charge in [0, 0.05) is 0 Å². The monoisotopic (exact) mass is 190 g/mol. The summed E-state index contributed by atoms with van der Waals surface area (Å²) < 4.78 is 28.9. The third kappa shape index (κ3) is 1.18. The van der Waals surface area contributed by atoms with Gasteiger partial charge < -0.3 is 10.5 Å². The average molecular weight is 190 g/mol. The molecule has 1 aliphatic rings. The molecule has 66 valence electrons. The molecule has 1 heterocycles. The number of carbonyl (C=O) groups is 1. The number of hydrogen-bond acceptors (Lipinski definition) is 5. The first-order chi connectivity index (χ1) is 5.49. The molecule has 0 saturated heterocycles. The first-order valence-electron chi connectivity index (χ1n) is 2.87. The summed E-state index contributed by atoms with van der Waals surface area (Å²) in [6, 6.07) is 0. The molecule has 0 spiro atoms. The molecular formula is C5H6N2O4S. The Balaban J connectivity index is 3.19. The van der Waals surface area contributed by atoms with Gasteiger partial charge in [-0.3, -0.25) is 0 Å². The Kier molecular flexibility index (Phi) is 1.89. The fourth-order valence-corrected chi connectivity index (χ4v) is 1.42. The predicted octanol–water partition coefficient (Wildman–Crippen LogP) is -1.26. The molecule has 1 rings (SSSR count). The fourth-order valence-electron chi connectivity index (χ4n) is 0.645. The molecule has 0 saturated carbocycles. The minimum Gasteiger partial charge on any atom is -0.465 e. The molecule has 0 aliphatic carbocycles. The summed E-state index contributed by atoms with van der Waals surface area (Å²) in [4.78, 5) is 10.8. The number of hydrogen-bond donors (Lipinski definition) is 1. The van der Waals surface area contributed by atoms with E-state index in [9.17, 15) is 13.2 Å². The smallest absolute Gasteiger partial charge is 0.342 e. The van der Waals surface area contributed by atoms with E-state index in [1.54, 1.807) is 0 Å². The minimum atomic E-state index is -3.80. The molecule has 6 nitrogen and oxygen atoms in total. The van der Waals surface area contributed by atoms with Gasteiger partial charge in [-0.2, -0.15) is 12.8 Å². The zero-order valence-electron chi connectivity index (χ0n) is 6.14. The van der Waals surface area contributed by atoms with E-state index in [2.05, 4.69) is 9.13 Å². The van der Waals surface area contributed by atoms with Crippen LogP contribution in [0.5, 0.6) is 0 Å². The lowest BCUT2D eigenvalue weighted by atomic mass is 10.3. The molecule has 0 fully saturated rings. The van der Waals surface area contributed by atoms with Crippen molar-refractivity contribution in [3.63, 3.8) is 0 Å². The number of rotatable bonds is 1. The standard InChI is InChI=1S/C5H6N2O4S/c1-11-5(8)3-2-7-12(9,10)4(3)6/h2H,6H2,1H3. The number of methoxy groups -OCH3 is 1. The lowest BCUT2D eigenvalue weighted by Gasteiger charge is -1.96. The Morgan fingerprint density at radius 2 is 2.25 bits per heavy atom. The molecule has 1 aliphatic heterocycles. The van der Waals surface area contributed by atoms with Crippen molar-refractivity contribution in [2.24, 2.45) is 10.1 Å². The van der Waals surface area contributed by atoms with E-state index >= 15 is 0 Å². The molecule has 0 amide bonds. The van der Waals surface area contributed by atoms with E-state index in [1.165, 1.54) is 0 Å². The van der Waals surface area contributed by atoms with Crippen LogP contribution >= 0.6 is 0 Å². The van der Waals surface area contributed by atoms with Crippen molar-refractivity contribution in [3.05, 3.63) is 10.6 Å². The molecule has 0 aromatic heterocycles. The van der Waals surface area contributed by atoms with Crippen molar-refractivity contribution < 1.29 is 17.9 Å². The molecule has 0 aromatic carbocycles. The summed E-state index contributed by atoms with van der Waals surface area (Å²) in [5.41, 5.74) is 4.87. The molecule has 2 N–H and O–H groups in total. The molecule has 7 heteroatoms. The Bertz CT molecular complexity index is 378. The van der Waals surface area contributed by atoms with Crippen LogP contribution in [0.25, 0.3) is 0 Å². The lowest BCUT2D eigenvalue weighted by molar-refractivity contribution is -0.135. The van der Waals surface area contributed by atoms with E-state index in [0.29, 0.717) is 0 Å². The third-order valence-corrected chi connectivity index (χ3v) is 2.43. The Morgan fingerprint density at radius 3 is 2.58 bits per heavy atom. The molecule has 0 radical (unpaired) electrons. The number of nitrogens with zero attached hydrogens (tertiary/aromatic N) is 1. The Labute approximate surface area is 68.8 Å². The van der Waals surface area contributed by atoms with Gasteiger partial charge >= 0.3 is 5.97 Å². The summed E-state index contributed by atoms with van der Waals surface area (Å²) in [5.74, 6) is -0.808. The van der Waals surface area contributed by atoms with Gasteiger partial charge in [0.2, 0.25) is 0 Å². The van der Waals surface area contributed by atoms with E-state index < -0.39 is 21.0 Å². The van der Waals surface area contributed by atoms with Gasteiger partial charge in [0.15, 0.2) is 5.03 Å². The molecule has 0 aromatic rings. The molecule has 0 unspecified atom stereocenters. The highest BCUT2D eigenvalue weighted by Crippen LogP contribution is 2.15. The maximum Gasteiger partial charge on any atom is 0.342 e. The van der Waals surface area contributed by atoms with Crippen LogP contribution in [0.4, 0.5) is 0 Å². The minimum absolute atomic E-state index is 0.225. The van der Waals surface area contributed by atoms with Crippen molar-refractivity contribution in [1.29, 1.82) is 0 Å². The van der Waals surface area contributed by atoms with Crippen LogP contribution in [0.2, 0.25) is 0 Å². The molecule has 12 heavy (non-hydrogen) atoms. The van der Waals surface area contributed by atoms with Crippen molar-refractivity contribution in [2.45, 2.75) is 0 Å². The number of esters is 1. The van der Waals surface area contributed by atoms with Gasteiger partial charge in [-0.25, -0.2) is 4.79 Å². The number of carbonyl (C=O) groups excluding carboxylic acids is 1. The maximum atomic E-state index is 10.8. The van der Waals surface area contributed by atoms with Gasteiger partial charge in [0.05, 0.1) is 13.3 Å². The summed E-state index contributed by atoms with van der Waals surface area (Å²) in [6.45, 7) is 0. The lowest BCUT2D eigenvalue weighted by Crippen LogP contribution is -2.13. The first kappa shape index (κ1) is 8.72. The van der Waals surface area contributed by atoms with Crippen molar-refractivity contribution in [3.8, 4) is 0 Å². The van der Waals surface area contributed by atoms with Crippen LogP contribution in [0, 0.1) is 0 Å². The quantitative estimate of drug-likeness (QED) is 0.520. The largest absolute Gasteiger partial charge is 0.465 e. The van der Waals surface area contributed by atoms with Gasteiger partial charge in [-0.1, -0.05) is 0 Å². The second-order valence-corrected chi connectivity index (χ2v) is 3.58. The zero-order valence-corrected chi connectivity index (χ0v) is 6.96. The van der Waals surface area contributed by atoms with Crippen molar-refractivity contribution >= 4 is 22.2 Å². The Hall–Kier alpha value is -1.37. The van der Waals surface area contributed by atoms with Crippen molar-refractivity contribution in [2.75, 3.05) is 7.11 Å². The van der Waals surface area contributed by atoms with E-state index in [0.717, 1.165) is 13.3 Å². The zero-order chi connectivity index (χ0) is 9.35. The van der Waals surface area contributed by atoms with Gasteiger partial charge in [0.1, 0.15) is 5.57 Å². The third-order valence-electron chi connectivity index (χ3n) is 1.27. The van der Waals surface area contributed by atoms with Crippen LogP contribution in [0.15, 0.2) is 15.0 Å². The second-order valence-electron chi connectivity index (χ2n) is 1.98. The highest BCUT2D eigenvalue weighted by molar-refractivity contribution is 7.94. The highest BCUT2D eigenvalue weighted by Gasteiger charge is 2.27. The summed E-state index contributed by atoms with van der Waals surface area (Å²) in [7, 11) is -2.68. The topological polar surface area (TPSA) is 98.8 Å². The molecule has 0 atom stereocenters. The van der Waals surface area contributed by atoms with Crippen LogP contribution < -0.4 is 5.73 Å². The highest BCUT2D eigenvalue weighted by atomic mass is 32.2. The second kappa shape index (κ2) is 2.59. The van der Waals surface area contributed by atoms with Gasteiger partial charge in [0.25, 0.3) is 10.0 Å². The van der Waals surface area contributed by atoms with Gasteiger partial charge in [-0.15, -0.1) is 0 Å². The SMILES string of the molecule is COC(=O)C1=C(N)S(=O)(=O)N=C1. The summed E-state index contributed by atoms with van der Waals surface area (Å²) in [5, 5.41) is -0.561. The van der Waals surface area contributed by atoms with E-state index in [-0.39, 0.29) is 5.57 Å². The Morgan fingerprint density at radius 1 is 1.67 bits per heavy atom. The predicted molar refractivity (Wildman–Crippen MR) is 40.6 cm³/mol. The number of nitrogens with two attached hydrogens (primary N) is 1. The van der Waals surface area contributed by atoms with Gasteiger partial charge in [-0.05, 0) is 0 Å². The van der Waals surface area contributed by atoms with E-state index in [4.69, 9.17) is 5.73 Å². The van der Waals surface area contributed by atoms with Crippen LogP contribution in [-0.4, -0.2) is 27.7 Å². The summed E-state index contributed by atoms with van der Waals surface area (Å²) >= 11 is 0. The molecule has 0 bridgehead atoms.